The maximum atomic E-state index is 6.13. The molecule has 2 N–H and O–H groups in total. The van der Waals surface area contributed by atoms with Gasteiger partial charge in [-0.3, -0.25) is 4.99 Å². The number of para-hydroxylation sites is 1. The summed E-state index contributed by atoms with van der Waals surface area (Å²) in [6.45, 7) is 7.71. The van der Waals surface area contributed by atoms with Gasteiger partial charge in [0.25, 0.3) is 0 Å². The molecule has 1 fully saturated rings. The molecule has 7 heteroatoms. The lowest BCUT2D eigenvalue weighted by atomic mass is 10.1. The van der Waals surface area contributed by atoms with E-state index in [1.54, 1.807) is 7.05 Å². The van der Waals surface area contributed by atoms with E-state index < -0.39 is 0 Å². The molecule has 2 atom stereocenters. The Labute approximate surface area is 202 Å². The number of hydrogen-bond donors (Lipinski definition) is 2. The minimum atomic E-state index is 0. The molecule has 0 aliphatic carbocycles. The Kier molecular flexibility index (Phi) is 10.9. The summed E-state index contributed by atoms with van der Waals surface area (Å²) in [7, 11) is 1.77. The van der Waals surface area contributed by atoms with E-state index in [2.05, 4.69) is 40.7 Å². The second kappa shape index (κ2) is 13.4. The van der Waals surface area contributed by atoms with E-state index >= 15 is 0 Å². The van der Waals surface area contributed by atoms with Gasteiger partial charge in [0.15, 0.2) is 5.96 Å². The second-order valence-electron chi connectivity index (χ2n) is 7.70. The molecule has 2 unspecified atom stereocenters. The summed E-state index contributed by atoms with van der Waals surface area (Å²) < 4.78 is 17.5. The van der Waals surface area contributed by atoms with Gasteiger partial charge in [-0.1, -0.05) is 30.3 Å². The van der Waals surface area contributed by atoms with Crippen molar-refractivity contribution in [2.24, 2.45) is 10.9 Å². The van der Waals surface area contributed by atoms with Crippen molar-refractivity contribution < 1.29 is 14.2 Å². The van der Waals surface area contributed by atoms with E-state index in [1.165, 1.54) is 5.56 Å². The number of halogens is 1. The monoisotopic (exact) mass is 539 g/mol. The molecule has 0 radical (unpaired) electrons. The molecule has 0 bridgehead atoms. The molecule has 2 aromatic rings. The van der Waals surface area contributed by atoms with Crippen LogP contribution < -0.4 is 20.1 Å². The molecule has 1 aliphatic rings. The summed E-state index contributed by atoms with van der Waals surface area (Å²) in [5.74, 6) is 3.00. The highest BCUT2D eigenvalue weighted by molar-refractivity contribution is 14.0. The first-order chi connectivity index (χ1) is 14.6. The molecule has 1 saturated heterocycles. The van der Waals surface area contributed by atoms with Crippen molar-refractivity contribution >= 4 is 29.9 Å². The Balaban J connectivity index is 0.00000341. The third-order valence-corrected chi connectivity index (χ3v) is 5.03. The first-order valence-electron chi connectivity index (χ1n) is 10.6. The average Bonchev–Trinajstić information content (AvgIpc) is 3.28. The summed E-state index contributed by atoms with van der Waals surface area (Å²) in [5.41, 5.74) is 2.29. The summed E-state index contributed by atoms with van der Waals surface area (Å²) in [6, 6.07) is 16.1. The highest BCUT2D eigenvalue weighted by Gasteiger charge is 2.17. The fourth-order valence-corrected chi connectivity index (χ4v) is 3.28. The van der Waals surface area contributed by atoms with Crippen LogP contribution in [0.3, 0.4) is 0 Å². The molecule has 0 amide bonds. The number of aliphatic imine (C=N–C) groups is 1. The summed E-state index contributed by atoms with van der Waals surface area (Å²) in [6.07, 6.45) is 1.08. The largest absolute Gasteiger partial charge is 0.493 e. The van der Waals surface area contributed by atoms with E-state index in [0.29, 0.717) is 25.6 Å². The maximum absolute atomic E-state index is 6.13. The highest BCUT2D eigenvalue weighted by Crippen LogP contribution is 2.22. The average molecular weight is 539 g/mol. The van der Waals surface area contributed by atoms with Crippen LogP contribution in [0, 0.1) is 12.8 Å². The Bertz CT molecular complexity index is 811. The Morgan fingerprint density at radius 1 is 1.19 bits per heavy atom. The lowest BCUT2D eigenvalue weighted by molar-refractivity contribution is 0.166. The number of nitrogens with zero attached hydrogens (tertiary/aromatic N) is 1. The van der Waals surface area contributed by atoms with Crippen LogP contribution >= 0.6 is 24.0 Å². The number of nitrogens with one attached hydrogen (secondary N) is 2. The molecule has 3 rings (SSSR count). The molecule has 2 aromatic carbocycles. The van der Waals surface area contributed by atoms with E-state index in [-0.39, 0.29) is 30.1 Å². The Morgan fingerprint density at radius 3 is 2.71 bits per heavy atom. The lowest BCUT2D eigenvalue weighted by Crippen LogP contribution is -2.41. The van der Waals surface area contributed by atoms with Crippen molar-refractivity contribution in [2.75, 3.05) is 33.4 Å². The molecule has 0 saturated carbocycles. The van der Waals surface area contributed by atoms with Crippen LogP contribution in [0.2, 0.25) is 0 Å². The van der Waals surface area contributed by atoms with Crippen LogP contribution in [0.15, 0.2) is 53.5 Å². The SMILES string of the molecule is CN=C(NCc1ccc(C)cc1OCC1CCOC1)NCC(C)Oc1ccccc1.I. The minimum Gasteiger partial charge on any atom is -0.493 e. The predicted molar refractivity (Wildman–Crippen MR) is 136 cm³/mol. The Morgan fingerprint density at radius 2 is 2.00 bits per heavy atom. The van der Waals surface area contributed by atoms with Gasteiger partial charge in [0.1, 0.15) is 17.6 Å². The smallest absolute Gasteiger partial charge is 0.191 e. The van der Waals surface area contributed by atoms with Crippen molar-refractivity contribution in [1.82, 2.24) is 10.6 Å². The van der Waals surface area contributed by atoms with Crippen molar-refractivity contribution in [3.63, 3.8) is 0 Å². The summed E-state index contributed by atoms with van der Waals surface area (Å²) >= 11 is 0. The first kappa shape index (κ1) is 25.3. The van der Waals surface area contributed by atoms with Crippen LogP contribution in [0.25, 0.3) is 0 Å². The van der Waals surface area contributed by atoms with Crippen LogP contribution in [0.1, 0.15) is 24.5 Å². The van der Waals surface area contributed by atoms with E-state index in [9.17, 15) is 0 Å². The van der Waals surface area contributed by atoms with Gasteiger partial charge in [0.2, 0.25) is 0 Å². The number of aryl methyl sites for hydroxylation is 1. The van der Waals surface area contributed by atoms with Crippen molar-refractivity contribution in [3.8, 4) is 11.5 Å². The van der Waals surface area contributed by atoms with Gasteiger partial charge < -0.3 is 24.8 Å². The summed E-state index contributed by atoms with van der Waals surface area (Å²) in [4.78, 5) is 4.32. The van der Waals surface area contributed by atoms with Gasteiger partial charge in [0.05, 0.1) is 19.8 Å². The van der Waals surface area contributed by atoms with Crippen molar-refractivity contribution in [2.45, 2.75) is 32.9 Å². The minimum absolute atomic E-state index is 0. The highest BCUT2D eigenvalue weighted by atomic mass is 127. The molecule has 1 heterocycles. The van der Waals surface area contributed by atoms with Gasteiger partial charge in [0, 0.05) is 31.7 Å². The zero-order valence-electron chi connectivity index (χ0n) is 18.6. The van der Waals surface area contributed by atoms with Crippen LogP contribution in [0.4, 0.5) is 0 Å². The zero-order chi connectivity index (χ0) is 21.2. The Hall–Kier alpha value is -2.00. The molecule has 170 valence electrons. The fourth-order valence-electron chi connectivity index (χ4n) is 3.28. The predicted octanol–water partition coefficient (Wildman–Crippen LogP) is 4.16. The number of rotatable bonds is 9. The van der Waals surface area contributed by atoms with Crippen LogP contribution in [0.5, 0.6) is 11.5 Å². The zero-order valence-corrected chi connectivity index (χ0v) is 20.9. The number of benzene rings is 2. The molecular formula is C24H34IN3O3. The molecule has 31 heavy (non-hydrogen) atoms. The van der Waals surface area contributed by atoms with E-state index in [4.69, 9.17) is 14.2 Å². The van der Waals surface area contributed by atoms with Crippen LogP contribution in [-0.4, -0.2) is 45.5 Å². The van der Waals surface area contributed by atoms with E-state index in [0.717, 1.165) is 42.7 Å². The second-order valence-corrected chi connectivity index (χ2v) is 7.70. The number of guanidine groups is 1. The molecule has 0 aromatic heterocycles. The van der Waals surface area contributed by atoms with E-state index in [1.807, 2.05) is 37.3 Å². The van der Waals surface area contributed by atoms with Gasteiger partial charge in [-0.15, -0.1) is 24.0 Å². The van der Waals surface area contributed by atoms with Crippen molar-refractivity contribution in [3.05, 3.63) is 59.7 Å². The molecule has 0 spiro atoms. The van der Waals surface area contributed by atoms with Gasteiger partial charge in [-0.05, 0) is 44.0 Å². The molecule has 6 nitrogen and oxygen atoms in total. The topological polar surface area (TPSA) is 64.1 Å². The van der Waals surface area contributed by atoms with Gasteiger partial charge in [-0.25, -0.2) is 0 Å². The lowest BCUT2D eigenvalue weighted by Gasteiger charge is -2.19. The standard InChI is InChI=1S/C24H33N3O3.HI/c1-18-9-10-21(23(13-18)29-17-20-11-12-28-16-20)15-27-24(25-3)26-14-19(2)30-22-7-5-4-6-8-22;/h4-10,13,19-20H,11-12,14-17H2,1-3H3,(H2,25,26,27);1H. The quantitative estimate of drug-likeness (QED) is 0.285. The number of hydrogen-bond acceptors (Lipinski definition) is 4. The molecule has 1 aliphatic heterocycles. The molecular weight excluding hydrogens is 505 g/mol. The number of ether oxygens (including phenoxy) is 3. The first-order valence-corrected chi connectivity index (χ1v) is 10.6. The summed E-state index contributed by atoms with van der Waals surface area (Å²) in [5, 5.41) is 6.70. The normalized spacial score (nSPS) is 16.9. The van der Waals surface area contributed by atoms with Gasteiger partial charge in [-0.2, -0.15) is 0 Å². The van der Waals surface area contributed by atoms with Crippen molar-refractivity contribution in [1.29, 1.82) is 0 Å². The maximum Gasteiger partial charge on any atom is 0.191 e. The van der Waals surface area contributed by atoms with Gasteiger partial charge >= 0.3 is 0 Å². The third kappa shape index (κ3) is 8.57. The van der Waals surface area contributed by atoms with Crippen LogP contribution in [-0.2, 0) is 11.3 Å². The fraction of sp³-hybridized carbons (Fsp3) is 0.458. The third-order valence-electron chi connectivity index (χ3n) is 5.03.